The topological polar surface area (TPSA) is 44.8 Å². The number of hydrogen-bond donors (Lipinski definition) is 0. The molecule has 0 aliphatic rings. The smallest absolute Gasteiger partial charge is 0.204 e. The van der Waals surface area contributed by atoms with Crippen LogP contribution in [0.5, 0.6) is 17.2 Å². The van der Waals surface area contributed by atoms with Crippen LogP contribution < -0.4 is 14.2 Å². The van der Waals surface area contributed by atoms with E-state index in [2.05, 4.69) is 20.8 Å². The third-order valence-corrected chi connectivity index (χ3v) is 9.48. The maximum atomic E-state index is 12.0. The zero-order chi connectivity index (χ0) is 33.9. The Morgan fingerprint density at radius 3 is 1.02 bits per heavy atom. The van der Waals surface area contributed by atoms with Crippen LogP contribution in [0, 0.1) is 0 Å². The molecule has 0 bridgehead atoms. The Hall–Kier alpha value is -1.71. The predicted molar refractivity (Wildman–Crippen MR) is 204 cm³/mol. The number of aldehydes is 1. The maximum absolute atomic E-state index is 12.0. The van der Waals surface area contributed by atoms with Crippen molar-refractivity contribution in [2.24, 2.45) is 0 Å². The second-order valence-electron chi connectivity index (χ2n) is 14.0. The summed E-state index contributed by atoms with van der Waals surface area (Å²) in [7, 11) is 0. The molecule has 0 aromatic heterocycles. The Balaban J connectivity index is 2.55. The van der Waals surface area contributed by atoms with Crippen LogP contribution in [0.4, 0.5) is 0 Å². The number of carbonyl (C=O) groups excluding carboxylic acids is 1. The average Bonchev–Trinajstić information content (AvgIpc) is 3.09. The van der Waals surface area contributed by atoms with E-state index in [-0.39, 0.29) is 0 Å². The van der Waals surface area contributed by atoms with Crippen molar-refractivity contribution >= 4 is 6.29 Å². The molecule has 0 amide bonds. The molecule has 1 aromatic rings. The van der Waals surface area contributed by atoms with Gasteiger partial charge in [-0.15, -0.1) is 0 Å². The van der Waals surface area contributed by atoms with Gasteiger partial charge in [0, 0.05) is 0 Å². The number of benzene rings is 1. The fourth-order valence-corrected chi connectivity index (χ4v) is 6.35. The molecule has 4 heteroatoms. The fourth-order valence-electron chi connectivity index (χ4n) is 6.35. The largest absolute Gasteiger partial charge is 0.490 e. The molecular weight excluding hydrogens is 580 g/mol. The summed E-state index contributed by atoms with van der Waals surface area (Å²) in [4.78, 5) is 12.0. The van der Waals surface area contributed by atoms with E-state index in [0.29, 0.717) is 36.9 Å². The van der Waals surface area contributed by atoms with Gasteiger partial charge in [0.05, 0.1) is 25.4 Å². The fraction of sp³-hybridized carbons (Fsp3) is 0.837. The van der Waals surface area contributed by atoms with Crippen LogP contribution in [-0.2, 0) is 0 Å². The second kappa shape index (κ2) is 34.2. The summed E-state index contributed by atoms with van der Waals surface area (Å²) in [5.74, 6) is 1.92. The van der Waals surface area contributed by atoms with Gasteiger partial charge < -0.3 is 14.2 Å². The van der Waals surface area contributed by atoms with Crippen LogP contribution in [0.1, 0.15) is 224 Å². The highest BCUT2D eigenvalue weighted by molar-refractivity contribution is 5.82. The van der Waals surface area contributed by atoms with Gasteiger partial charge in [-0.25, -0.2) is 0 Å². The molecular formula is C43H78O4. The first-order valence-corrected chi connectivity index (χ1v) is 20.8. The molecule has 0 saturated carbocycles. The van der Waals surface area contributed by atoms with E-state index >= 15 is 0 Å². The van der Waals surface area contributed by atoms with E-state index in [0.717, 1.165) is 37.7 Å². The monoisotopic (exact) mass is 659 g/mol. The van der Waals surface area contributed by atoms with Crippen molar-refractivity contribution < 1.29 is 19.0 Å². The number of rotatable bonds is 37. The highest BCUT2D eigenvalue weighted by atomic mass is 16.5. The van der Waals surface area contributed by atoms with Crippen LogP contribution in [0.25, 0.3) is 0 Å². The summed E-state index contributed by atoms with van der Waals surface area (Å²) in [5.41, 5.74) is 0.557. The van der Waals surface area contributed by atoms with Crippen molar-refractivity contribution in [1.82, 2.24) is 0 Å². The van der Waals surface area contributed by atoms with E-state index in [1.807, 2.05) is 12.1 Å². The summed E-state index contributed by atoms with van der Waals surface area (Å²) in [6.07, 6.45) is 39.7. The number of hydrogen-bond acceptors (Lipinski definition) is 4. The summed E-state index contributed by atoms with van der Waals surface area (Å²) < 4.78 is 19.0. The molecule has 0 heterocycles. The molecule has 4 nitrogen and oxygen atoms in total. The van der Waals surface area contributed by atoms with Gasteiger partial charge in [-0.1, -0.05) is 194 Å². The van der Waals surface area contributed by atoms with Gasteiger partial charge in [0.25, 0.3) is 0 Å². The van der Waals surface area contributed by atoms with Gasteiger partial charge in [0.15, 0.2) is 17.8 Å². The third kappa shape index (κ3) is 25.0. The van der Waals surface area contributed by atoms with Crippen molar-refractivity contribution in [2.75, 3.05) is 19.8 Å². The minimum atomic E-state index is 0.557. The Kier molecular flexibility index (Phi) is 31.5. The zero-order valence-corrected chi connectivity index (χ0v) is 31.7. The number of ether oxygens (including phenoxy) is 3. The highest BCUT2D eigenvalue weighted by Crippen LogP contribution is 2.40. The first-order chi connectivity index (χ1) is 23.3. The molecule has 1 aromatic carbocycles. The van der Waals surface area contributed by atoms with Gasteiger partial charge in [-0.3, -0.25) is 4.79 Å². The van der Waals surface area contributed by atoms with Crippen molar-refractivity contribution in [3.8, 4) is 17.2 Å². The molecule has 0 spiro atoms. The highest BCUT2D eigenvalue weighted by Gasteiger charge is 2.18. The molecule has 0 aliphatic carbocycles. The number of carbonyl (C=O) groups is 1. The number of unbranched alkanes of at least 4 members (excludes halogenated alkanes) is 27. The Labute approximate surface area is 292 Å². The minimum absolute atomic E-state index is 0.557. The van der Waals surface area contributed by atoms with Gasteiger partial charge in [-0.05, 0) is 31.4 Å². The van der Waals surface area contributed by atoms with E-state index in [4.69, 9.17) is 14.2 Å². The molecule has 0 saturated heterocycles. The van der Waals surface area contributed by atoms with Crippen LogP contribution in [-0.4, -0.2) is 26.1 Å². The predicted octanol–water partition coefficient (Wildman–Crippen LogP) is 14.4. The standard InChI is InChI=1S/C43H78O4/c1-4-7-10-13-16-19-22-25-28-31-36-45-41-35-34-40(39-44)42(46-37-32-29-26-23-20-17-14-11-8-5-2)43(41)47-38-33-30-27-24-21-18-15-12-9-6-3/h34-35,39H,4-33,36-38H2,1-3H3. The van der Waals surface area contributed by atoms with Crippen molar-refractivity contribution in [2.45, 2.75) is 213 Å². The van der Waals surface area contributed by atoms with E-state index in [1.54, 1.807) is 0 Å². The lowest BCUT2D eigenvalue weighted by molar-refractivity contribution is 0.111. The van der Waals surface area contributed by atoms with Gasteiger partial charge >= 0.3 is 0 Å². The van der Waals surface area contributed by atoms with Crippen LogP contribution in [0.2, 0.25) is 0 Å². The Morgan fingerprint density at radius 1 is 0.383 bits per heavy atom. The van der Waals surface area contributed by atoms with Crippen LogP contribution in [0.15, 0.2) is 12.1 Å². The molecule has 0 N–H and O–H groups in total. The molecule has 0 fully saturated rings. The van der Waals surface area contributed by atoms with E-state index < -0.39 is 0 Å². The summed E-state index contributed by atoms with van der Waals surface area (Å²) in [5, 5.41) is 0. The quantitative estimate of drug-likeness (QED) is 0.0527. The van der Waals surface area contributed by atoms with Crippen molar-refractivity contribution in [3.63, 3.8) is 0 Å². The van der Waals surface area contributed by atoms with Gasteiger partial charge in [0.1, 0.15) is 0 Å². The van der Waals surface area contributed by atoms with Gasteiger partial charge in [-0.2, -0.15) is 0 Å². The first-order valence-electron chi connectivity index (χ1n) is 20.8. The zero-order valence-electron chi connectivity index (χ0n) is 31.7. The Morgan fingerprint density at radius 2 is 0.681 bits per heavy atom. The molecule has 274 valence electrons. The third-order valence-electron chi connectivity index (χ3n) is 9.48. The van der Waals surface area contributed by atoms with Crippen molar-refractivity contribution in [3.05, 3.63) is 17.7 Å². The molecule has 0 radical (unpaired) electrons. The lowest BCUT2D eigenvalue weighted by Crippen LogP contribution is -2.08. The lowest BCUT2D eigenvalue weighted by Gasteiger charge is -2.18. The van der Waals surface area contributed by atoms with Crippen LogP contribution >= 0.6 is 0 Å². The van der Waals surface area contributed by atoms with Gasteiger partial charge in [0.2, 0.25) is 5.75 Å². The summed E-state index contributed by atoms with van der Waals surface area (Å²) in [6, 6.07) is 3.74. The lowest BCUT2D eigenvalue weighted by atomic mass is 10.1. The second-order valence-corrected chi connectivity index (χ2v) is 14.0. The van der Waals surface area contributed by atoms with Crippen LogP contribution in [0.3, 0.4) is 0 Å². The molecule has 0 unspecified atom stereocenters. The molecule has 0 atom stereocenters. The summed E-state index contributed by atoms with van der Waals surface area (Å²) >= 11 is 0. The molecule has 0 aliphatic heterocycles. The normalized spacial score (nSPS) is 11.2. The van der Waals surface area contributed by atoms with E-state index in [1.165, 1.54) is 167 Å². The molecule has 47 heavy (non-hydrogen) atoms. The van der Waals surface area contributed by atoms with E-state index in [9.17, 15) is 4.79 Å². The summed E-state index contributed by atoms with van der Waals surface area (Å²) in [6.45, 7) is 8.73. The SMILES string of the molecule is CCCCCCCCCCCCOc1ccc(C=O)c(OCCCCCCCCCCCC)c1OCCCCCCCCCCCC. The molecule has 1 rings (SSSR count). The first kappa shape index (κ1) is 43.3. The Bertz CT molecular complexity index is 807. The average molecular weight is 659 g/mol. The maximum Gasteiger partial charge on any atom is 0.204 e. The minimum Gasteiger partial charge on any atom is -0.490 e. The van der Waals surface area contributed by atoms with Crippen molar-refractivity contribution in [1.29, 1.82) is 0 Å².